The molecule has 5 nitrogen and oxygen atoms in total. The molecule has 26 heavy (non-hydrogen) atoms. The highest BCUT2D eigenvalue weighted by atomic mass is 19.4. The average Bonchev–Trinajstić information content (AvgIpc) is 2.97. The number of aromatic hydroxyl groups is 1. The fourth-order valence-corrected chi connectivity index (χ4v) is 2.58. The van der Waals surface area contributed by atoms with E-state index < -0.39 is 11.7 Å². The second kappa shape index (κ2) is 6.62. The molecule has 0 saturated heterocycles. The molecule has 2 aromatic heterocycles. The fourth-order valence-electron chi connectivity index (χ4n) is 2.58. The van der Waals surface area contributed by atoms with E-state index in [4.69, 9.17) is 9.15 Å². The largest absolute Gasteiger partial charge is 0.504 e. The molecule has 0 saturated carbocycles. The van der Waals surface area contributed by atoms with Gasteiger partial charge >= 0.3 is 6.18 Å². The lowest BCUT2D eigenvalue weighted by atomic mass is 10.0. The van der Waals surface area contributed by atoms with E-state index in [-0.39, 0.29) is 34.3 Å². The molecular weight excluding hydrogens is 349 g/mol. The van der Waals surface area contributed by atoms with Gasteiger partial charge in [-0.1, -0.05) is 0 Å². The van der Waals surface area contributed by atoms with Gasteiger partial charge in [-0.05, 0) is 35.9 Å². The molecular formula is C18H15F3N2O3. The van der Waals surface area contributed by atoms with Crippen LogP contribution in [0.5, 0.6) is 11.5 Å². The normalized spacial score (nSPS) is 11.4. The van der Waals surface area contributed by atoms with Gasteiger partial charge in [-0.3, -0.25) is 4.98 Å². The third-order valence-electron chi connectivity index (χ3n) is 3.79. The number of nitrogens with zero attached hydrogens (tertiary/aromatic N) is 1. The molecule has 1 aromatic carbocycles. The molecule has 0 amide bonds. The smallest absolute Gasteiger partial charge is 0.416 e. The van der Waals surface area contributed by atoms with Gasteiger partial charge in [0.05, 0.1) is 18.2 Å². The standard InChI is InChI=1S/C18H15F3N2O3/c1-22-17-14(15(24)16(26-17)10-4-3-5-23-9-10)11-6-12(18(19,20)21)8-13(7-11)25-2/h3-9,22,24H,1-2H3. The van der Waals surface area contributed by atoms with Crippen LogP contribution in [0.15, 0.2) is 47.1 Å². The van der Waals surface area contributed by atoms with E-state index in [1.165, 1.54) is 19.4 Å². The van der Waals surface area contributed by atoms with E-state index in [1.54, 1.807) is 25.4 Å². The van der Waals surface area contributed by atoms with E-state index in [9.17, 15) is 18.3 Å². The summed E-state index contributed by atoms with van der Waals surface area (Å²) in [7, 11) is 2.81. The van der Waals surface area contributed by atoms with Gasteiger partial charge in [0, 0.05) is 25.0 Å². The quantitative estimate of drug-likeness (QED) is 0.697. The summed E-state index contributed by atoms with van der Waals surface area (Å²) in [4.78, 5) is 3.95. The summed E-state index contributed by atoms with van der Waals surface area (Å²) in [6.45, 7) is 0. The van der Waals surface area contributed by atoms with Crippen LogP contribution >= 0.6 is 0 Å². The number of rotatable bonds is 4. The number of alkyl halides is 3. The Bertz CT molecular complexity index is 921. The zero-order chi connectivity index (χ0) is 18.9. The Morgan fingerprint density at radius 1 is 1.19 bits per heavy atom. The van der Waals surface area contributed by atoms with E-state index in [2.05, 4.69) is 10.3 Å². The maximum absolute atomic E-state index is 13.2. The fraction of sp³-hybridized carbons (Fsp3) is 0.167. The average molecular weight is 364 g/mol. The van der Waals surface area contributed by atoms with Crippen molar-refractivity contribution in [3.63, 3.8) is 0 Å². The Morgan fingerprint density at radius 3 is 2.54 bits per heavy atom. The van der Waals surface area contributed by atoms with Crippen molar-refractivity contribution in [2.75, 3.05) is 19.5 Å². The third-order valence-corrected chi connectivity index (χ3v) is 3.79. The third kappa shape index (κ3) is 3.17. The zero-order valence-corrected chi connectivity index (χ0v) is 13.9. The number of hydrogen-bond donors (Lipinski definition) is 2. The lowest BCUT2D eigenvalue weighted by molar-refractivity contribution is -0.137. The van der Waals surface area contributed by atoms with Crippen molar-refractivity contribution in [1.82, 2.24) is 4.98 Å². The highest BCUT2D eigenvalue weighted by Crippen LogP contribution is 2.47. The Labute approximate surface area is 147 Å². The molecule has 0 fully saturated rings. The molecule has 0 bridgehead atoms. The number of anilines is 1. The monoisotopic (exact) mass is 364 g/mol. The van der Waals surface area contributed by atoms with Gasteiger partial charge in [0.15, 0.2) is 11.5 Å². The lowest BCUT2D eigenvalue weighted by Crippen LogP contribution is -2.05. The number of ether oxygens (including phenoxy) is 1. The number of benzene rings is 1. The van der Waals surface area contributed by atoms with Crippen LogP contribution in [0.1, 0.15) is 5.56 Å². The van der Waals surface area contributed by atoms with Crippen LogP contribution in [0.3, 0.4) is 0 Å². The molecule has 8 heteroatoms. The second-order valence-corrected chi connectivity index (χ2v) is 5.42. The van der Waals surface area contributed by atoms with Crippen molar-refractivity contribution in [1.29, 1.82) is 0 Å². The van der Waals surface area contributed by atoms with Crippen LogP contribution in [-0.4, -0.2) is 24.2 Å². The first-order valence-electron chi connectivity index (χ1n) is 7.55. The summed E-state index contributed by atoms with van der Waals surface area (Å²) < 4.78 is 50.1. The van der Waals surface area contributed by atoms with Crippen LogP contribution in [0.2, 0.25) is 0 Å². The molecule has 0 aliphatic heterocycles. The number of pyridine rings is 1. The van der Waals surface area contributed by atoms with Crippen molar-refractivity contribution in [2.45, 2.75) is 6.18 Å². The summed E-state index contributed by atoms with van der Waals surface area (Å²) in [5, 5.41) is 13.4. The van der Waals surface area contributed by atoms with Gasteiger partial charge in [0.25, 0.3) is 0 Å². The predicted molar refractivity (Wildman–Crippen MR) is 90.1 cm³/mol. The van der Waals surface area contributed by atoms with E-state index >= 15 is 0 Å². The topological polar surface area (TPSA) is 67.5 Å². The van der Waals surface area contributed by atoms with Crippen molar-refractivity contribution in [3.8, 4) is 33.9 Å². The molecule has 0 radical (unpaired) electrons. The number of aromatic nitrogens is 1. The van der Waals surface area contributed by atoms with Gasteiger partial charge in [0.2, 0.25) is 5.88 Å². The summed E-state index contributed by atoms with van der Waals surface area (Å²) >= 11 is 0. The molecule has 0 unspecified atom stereocenters. The van der Waals surface area contributed by atoms with Crippen molar-refractivity contribution in [3.05, 3.63) is 48.3 Å². The number of halogens is 3. The van der Waals surface area contributed by atoms with Crippen LogP contribution in [0, 0.1) is 0 Å². The van der Waals surface area contributed by atoms with E-state index in [0.29, 0.717) is 5.56 Å². The maximum Gasteiger partial charge on any atom is 0.416 e. The molecule has 3 rings (SSSR count). The zero-order valence-electron chi connectivity index (χ0n) is 13.9. The summed E-state index contributed by atoms with van der Waals surface area (Å²) in [5.41, 5.74) is -0.183. The molecule has 0 spiro atoms. The minimum Gasteiger partial charge on any atom is -0.504 e. The maximum atomic E-state index is 13.2. The molecule has 136 valence electrons. The molecule has 0 aliphatic rings. The van der Waals surface area contributed by atoms with Crippen LogP contribution in [0.4, 0.5) is 19.1 Å². The van der Waals surface area contributed by atoms with E-state index in [1.807, 2.05) is 0 Å². The first kappa shape index (κ1) is 17.7. The molecule has 0 atom stereocenters. The Morgan fingerprint density at radius 2 is 1.96 bits per heavy atom. The van der Waals surface area contributed by atoms with E-state index in [0.717, 1.165) is 12.1 Å². The Kier molecular flexibility index (Phi) is 4.50. The van der Waals surface area contributed by atoms with Crippen LogP contribution in [0.25, 0.3) is 22.5 Å². The predicted octanol–water partition coefficient (Wildman–Crippen LogP) is 4.78. The molecule has 0 aliphatic carbocycles. The number of furan rings is 1. The van der Waals surface area contributed by atoms with Gasteiger partial charge in [-0.25, -0.2) is 0 Å². The van der Waals surface area contributed by atoms with Crippen molar-refractivity contribution in [2.24, 2.45) is 0 Å². The van der Waals surface area contributed by atoms with Crippen molar-refractivity contribution >= 4 is 5.88 Å². The Hall–Kier alpha value is -3.16. The molecule has 2 heterocycles. The van der Waals surface area contributed by atoms with Gasteiger partial charge in [-0.15, -0.1) is 0 Å². The minimum absolute atomic E-state index is 0.0143. The Balaban J connectivity index is 2.23. The lowest BCUT2D eigenvalue weighted by Gasteiger charge is -2.12. The number of methoxy groups -OCH3 is 1. The highest BCUT2D eigenvalue weighted by molar-refractivity contribution is 5.87. The van der Waals surface area contributed by atoms with Crippen molar-refractivity contribution < 1.29 is 27.4 Å². The first-order valence-corrected chi connectivity index (χ1v) is 7.55. The minimum atomic E-state index is -4.56. The summed E-state index contributed by atoms with van der Waals surface area (Å²) in [5.74, 6) is -0.0410. The number of hydrogen-bond acceptors (Lipinski definition) is 5. The van der Waals surface area contributed by atoms with Gasteiger partial charge in [-0.2, -0.15) is 13.2 Å². The van der Waals surface area contributed by atoms with Gasteiger partial charge in [0.1, 0.15) is 5.75 Å². The first-order chi connectivity index (χ1) is 12.3. The second-order valence-electron chi connectivity index (χ2n) is 5.42. The SMILES string of the molecule is CNc1oc(-c2cccnc2)c(O)c1-c1cc(OC)cc(C(F)(F)F)c1. The molecule has 2 N–H and O–H groups in total. The van der Waals surface area contributed by atoms with Crippen LogP contribution in [-0.2, 0) is 6.18 Å². The number of nitrogens with one attached hydrogen (secondary N) is 1. The molecule has 3 aromatic rings. The summed E-state index contributed by atoms with van der Waals surface area (Å²) in [6, 6.07) is 6.54. The van der Waals surface area contributed by atoms with Crippen LogP contribution < -0.4 is 10.1 Å². The van der Waals surface area contributed by atoms with Gasteiger partial charge < -0.3 is 19.6 Å². The highest BCUT2D eigenvalue weighted by Gasteiger charge is 2.33. The summed E-state index contributed by atoms with van der Waals surface area (Å²) in [6.07, 6.45) is -1.52.